The molecular weight excluding hydrogens is 452 g/mol. The highest BCUT2D eigenvalue weighted by molar-refractivity contribution is 7.92. The van der Waals surface area contributed by atoms with Gasteiger partial charge in [-0.2, -0.15) is 0 Å². The largest absolute Gasteiger partial charge is 0.355 e. The van der Waals surface area contributed by atoms with Crippen molar-refractivity contribution < 1.29 is 13.2 Å². The first kappa shape index (κ1) is 21.8. The summed E-state index contributed by atoms with van der Waals surface area (Å²) < 4.78 is 29.9. The molecule has 172 valence electrons. The normalized spacial score (nSPS) is 15.9. The molecule has 1 amide bonds. The number of anilines is 1. The molecule has 2 N–H and O–H groups in total. The molecule has 4 aromatic rings. The number of sulfonamides is 1. The van der Waals surface area contributed by atoms with Crippen molar-refractivity contribution >= 4 is 32.5 Å². The monoisotopic (exact) mass is 474 g/mol. The zero-order chi connectivity index (χ0) is 23.7. The summed E-state index contributed by atoms with van der Waals surface area (Å²) in [6.07, 6.45) is 1.90. The number of hydrogen-bond donors (Lipinski definition) is 2. The average Bonchev–Trinajstić information content (AvgIpc) is 3.28. The Balaban J connectivity index is 1.39. The molecule has 3 aromatic carbocycles. The molecule has 0 aliphatic carbocycles. The molecule has 1 unspecified atom stereocenters. The van der Waals surface area contributed by atoms with Crippen LogP contribution in [-0.2, 0) is 21.4 Å². The summed E-state index contributed by atoms with van der Waals surface area (Å²) in [7, 11) is -3.87. The van der Waals surface area contributed by atoms with E-state index in [0.29, 0.717) is 30.4 Å². The van der Waals surface area contributed by atoms with Gasteiger partial charge in [0.25, 0.3) is 15.6 Å². The minimum absolute atomic E-state index is 0.00279. The van der Waals surface area contributed by atoms with Crippen LogP contribution < -0.4 is 15.6 Å². The van der Waals surface area contributed by atoms with Crippen LogP contribution >= 0.6 is 0 Å². The number of fused-ring (bicyclic) bond motifs is 1. The van der Waals surface area contributed by atoms with E-state index in [4.69, 9.17) is 0 Å². The van der Waals surface area contributed by atoms with Gasteiger partial charge < -0.3 is 5.32 Å². The quantitative estimate of drug-likeness (QED) is 0.447. The van der Waals surface area contributed by atoms with Crippen molar-refractivity contribution in [1.29, 1.82) is 0 Å². The van der Waals surface area contributed by atoms with Gasteiger partial charge in [0.05, 0.1) is 28.7 Å². The van der Waals surface area contributed by atoms with E-state index in [1.807, 2.05) is 30.3 Å². The number of aromatic nitrogens is 2. The molecule has 9 heteroatoms. The van der Waals surface area contributed by atoms with Crippen LogP contribution in [0.3, 0.4) is 0 Å². The molecule has 1 fully saturated rings. The van der Waals surface area contributed by atoms with E-state index in [1.165, 1.54) is 29.1 Å². The maximum atomic E-state index is 13.0. The number of nitrogens with zero attached hydrogens (tertiary/aromatic N) is 2. The van der Waals surface area contributed by atoms with Gasteiger partial charge in [-0.05, 0) is 41.5 Å². The molecule has 5 rings (SSSR count). The molecule has 0 spiro atoms. The Morgan fingerprint density at radius 1 is 1.00 bits per heavy atom. The van der Waals surface area contributed by atoms with Crippen LogP contribution in [0.1, 0.15) is 23.5 Å². The Morgan fingerprint density at radius 3 is 2.47 bits per heavy atom. The zero-order valence-corrected chi connectivity index (χ0v) is 19.0. The molecule has 34 heavy (non-hydrogen) atoms. The highest BCUT2D eigenvalue weighted by Crippen LogP contribution is 2.25. The molecule has 2 heterocycles. The summed E-state index contributed by atoms with van der Waals surface area (Å²) in [4.78, 5) is 28.9. The topological polar surface area (TPSA) is 110 Å². The van der Waals surface area contributed by atoms with Gasteiger partial charge in [0.2, 0.25) is 5.91 Å². The maximum Gasteiger partial charge on any atom is 0.261 e. The lowest BCUT2D eigenvalue weighted by atomic mass is 9.99. The standard InChI is InChI=1S/C25H22N4O4S/c30-24-12-19(14-26-24)18-6-9-21(10-7-18)34(32,33)28-20-8-11-23-22(13-20)25(31)29(16-27-23)15-17-4-2-1-3-5-17/h1-11,13,16,19,28H,12,14-15H2,(H,26,30). The van der Waals surface area contributed by atoms with Crippen LogP contribution in [0.5, 0.6) is 0 Å². The van der Waals surface area contributed by atoms with E-state index in [0.717, 1.165) is 11.1 Å². The molecule has 1 aliphatic rings. The van der Waals surface area contributed by atoms with E-state index in [1.54, 1.807) is 24.3 Å². The van der Waals surface area contributed by atoms with Gasteiger partial charge in [0, 0.05) is 24.6 Å². The Kier molecular flexibility index (Phi) is 5.62. The predicted molar refractivity (Wildman–Crippen MR) is 129 cm³/mol. The molecule has 1 aliphatic heterocycles. The number of benzene rings is 3. The highest BCUT2D eigenvalue weighted by atomic mass is 32.2. The van der Waals surface area contributed by atoms with Crippen molar-refractivity contribution in [3.8, 4) is 0 Å². The van der Waals surface area contributed by atoms with Crippen molar-refractivity contribution in [1.82, 2.24) is 14.9 Å². The number of carbonyl (C=O) groups is 1. The Hall–Kier alpha value is -3.98. The van der Waals surface area contributed by atoms with Crippen molar-refractivity contribution in [2.24, 2.45) is 0 Å². The fraction of sp³-hybridized carbons (Fsp3) is 0.160. The molecule has 1 atom stereocenters. The summed E-state index contributed by atoms with van der Waals surface area (Å²) in [6.45, 7) is 0.920. The zero-order valence-electron chi connectivity index (χ0n) is 18.1. The fourth-order valence-corrected chi connectivity index (χ4v) is 5.14. The first-order valence-electron chi connectivity index (χ1n) is 10.8. The smallest absolute Gasteiger partial charge is 0.261 e. The third-order valence-electron chi connectivity index (χ3n) is 5.91. The van der Waals surface area contributed by atoms with Crippen LogP contribution in [0, 0.1) is 0 Å². The number of rotatable bonds is 6. The summed E-state index contributed by atoms with van der Waals surface area (Å²) in [6, 6.07) is 20.8. The lowest BCUT2D eigenvalue weighted by Crippen LogP contribution is -2.21. The average molecular weight is 475 g/mol. The Labute approximate surface area is 196 Å². The van der Waals surface area contributed by atoms with Gasteiger partial charge in [0.15, 0.2) is 0 Å². The highest BCUT2D eigenvalue weighted by Gasteiger charge is 2.23. The van der Waals surface area contributed by atoms with Gasteiger partial charge in [-0.15, -0.1) is 0 Å². The van der Waals surface area contributed by atoms with Crippen molar-refractivity contribution in [2.45, 2.75) is 23.8 Å². The Morgan fingerprint density at radius 2 is 1.76 bits per heavy atom. The van der Waals surface area contributed by atoms with Gasteiger partial charge in [-0.3, -0.25) is 18.9 Å². The summed E-state index contributed by atoms with van der Waals surface area (Å²) in [5.74, 6) is 0.0419. The van der Waals surface area contributed by atoms with Gasteiger partial charge in [-0.25, -0.2) is 13.4 Å². The lowest BCUT2D eigenvalue weighted by molar-refractivity contribution is -0.119. The number of amides is 1. The fourth-order valence-electron chi connectivity index (χ4n) is 4.09. The van der Waals surface area contributed by atoms with Crippen molar-refractivity contribution in [3.63, 3.8) is 0 Å². The molecule has 0 radical (unpaired) electrons. The molecular formula is C25H22N4O4S. The third kappa shape index (κ3) is 4.42. The van der Waals surface area contributed by atoms with Crippen LogP contribution in [-0.4, -0.2) is 30.4 Å². The van der Waals surface area contributed by atoms with E-state index in [9.17, 15) is 18.0 Å². The molecule has 1 aromatic heterocycles. The second-order valence-electron chi connectivity index (χ2n) is 8.27. The van der Waals surface area contributed by atoms with E-state index in [2.05, 4.69) is 15.0 Å². The first-order valence-corrected chi connectivity index (χ1v) is 12.3. The van der Waals surface area contributed by atoms with E-state index < -0.39 is 10.0 Å². The maximum absolute atomic E-state index is 13.0. The van der Waals surface area contributed by atoms with Crippen molar-refractivity contribution in [3.05, 3.63) is 101 Å². The minimum atomic E-state index is -3.87. The van der Waals surface area contributed by atoms with Crippen LogP contribution in [0.2, 0.25) is 0 Å². The molecule has 0 saturated carbocycles. The second-order valence-corrected chi connectivity index (χ2v) is 9.96. The van der Waals surface area contributed by atoms with Gasteiger partial charge in [0.1, 0.15) is 0 Å². The van der Waals surface area contributed by atoms with Crippen molar-refractivity contribution in [2.75, 3.05) is 11.3 Å². The third-order valence-corrected chi connectivity index (χ3v) is 7.31. The SMILES string of the molecule is O=C1CC(c2ccc(S(=O)(=O)Nc3ccc4ncn(Cc5ccccc5)c(=O)c4c3)cc2)CN1. The summed E-state index contributed by atoms with van der Waals surface area (Å²) >= 11 is 0. The number of nitrogens with one attached hydrogen (secondary N) is 2. The Bertz CT molecular complexity index is 1530. The number of carbonyl (C=O) groups excluding carboxylic acids is 1. The van der Waals surface area contributed by atoms with E-state index >= 15 is 0 Å². The first-order chi connectivity index (χ1) is 16.4. The minimum Gasteiger partial charge on any atom is -0.355 e. The molecule has 0 bridgehead atoms. The summed E-state index contributed by atoms with van der Waals surface area (Å²) in [5.41, 5.74) is 2.38. The van der Waals surface area contributed by atoms with Gasteiger partial charge >= 0.3 is 0 Å². The summed E-state index contributed by atoms with van der Waals surface area (Å²) in [5, 5.41) is 3.11. The van der Waals surface area contributed by atoms with Crippen LogP contribution in [0.4, 0.5) is 5.69 Å². The van der Waals surface area contributed by atoms with Gasteiger partial charge in [-0.1, -0.05) is 42.5 Å². The van der Waals surface area contributed by atoms with Crippen LogP contribution in [0.25, 0.3) is 10.9 Å². The number of hydrogen-bond acceptors (Lipinski definition) is 5. The molecule has 1 saturated heterocycles. The second kappa shape index (κ2) is 8.75. The van der Waals surface area contributed by atoms with E-state index in [-0.39, 0.29) is 28.0 Å². The lowest BCUT2D eigenvalue weighted by Gasteiger charge is -2.12. The molecule has 8 nitrogen and oxygen atoms in total. The predicted octanol–water partition coefficient (Wildman–Crippen LogP) is 2.85. The van der Waals surface area contributed by atoms with Crippen LogP contribution in [0.15, 0.2) is 88.8 Å².